The highest BCUT2D eigenvalue weighted by Crippen LogP contribution is 2.45. The number of benzene rings is 2. The number of carbonyl (C=O) groups excluding carboxylic acids is 1. The van der Waals surface area contributed by atoms with Crippen LogP contribution in [0.25, 0.3) is 21.3 Å². The zero-order valence-corrected chi connectivity index (χ0v) is 22.9. The third-order valence-electron chi connectivity index (χ3n) is 6.84. The number of nitrogens with zero attached hydrogens (tertiary/aromatic N) is 3. The van der Waals surface area contributed by atoms with Crippen molar-refractivity contribution in [3.63, 3.8) is 0 Å². The van der Waals surface area contributed by atoms with Crippen molar-refractivity contribution in [3.8, 4) is 17.2 Å². The van der Waals surface area contributed by atoms with Gasteiger partial charge < -0.3 is 20.7 Å². The molecule has 3 N–H and O–H groups in total. The fourth-order valence-corrected chi connectivity index (χ4v) is 6.19. The number of nitrogens with two attached hydrogens (primary N) is 1. The maximum absolute atomic E-state index is 14.1. The van der Waals surface area contributed by atoms with E-state index >= 15 is 0 Å². The monoisotopic (exact) mass is 525 g/mol. The predicted molar refractivity (Wildman–Crippen MR) is 154 cm³/mol. The topological polar surface area (TPSA) is 104 Å². The molecule has 0 radical (unpaired) electrons. The number of thiophene rings is 1. The van der Waals surface area contributed by atoms with Crippen LogP contribution in [-0.4, -0.2) is 41.1 Å². The second-order valence-electron chi connectivity index (χ2n) is 9.85. The Morgan fingerprint density at radius 2 is 1.82 bits per heavy atom. The maximum atomic E-state index is 14.1. The molecule has 2 unspecified atom stereocenters. The zero-order chi connectivity index (χ0) is 27.0. The van der Waals surface area contributed by atoms with E-state index in [1.54, 1.807) is 0 Å². The van der Waals surface area contributed by atoms with Crippen LogP contribution in [0.2, 0.25) is 0 Å². The minimum absolute atomic E-state index is 0.0723. The summed E-state index contributed by atoms with van der Waals surface area (Å²) in [6, 6.07) is 18.4. The standard InChI is InChI=1S/C30H31N5O2S/c1-5-20-8-12-22(13-9-20)33-29-25(30(36)35-15-18(3)37-19(4)16-35)26-27(38-29)24(23(14-31)28(32)34-26)21-10-6-17(2)7-11-21/h6-13,18-19,33H,5,15-16H2,1-4H3,(H2,32,34). The molecular weight excluding hydrogens is 494 g/mol. The van der Waals surface area contributed by atoms with E-state index in [-0.39, 0.29) is 23.9 Å². The molecule has 0 aliphatic carbocycles. The molecule has 2 atom stereocenters. The van der Waals surface area contributed by atoms with Gasteiger partial charge >= 0.3 is 0 Å². The molecule has 1 amide bonds. The van der Waals surface area contributed by atoms with Gasteiger partial charge in [-0.15, -0.1) is 11.3 Å². The minimum atomic E-state index is -0.127. The van der Waals surface area contributed by atoms with Gasteiger partial charge in [0, 0.05) is 24.3 Å². The van der Waals surface area contributed by atoms with Gasteiger partial charge in [0.25, 0.3) is 5.91 Å². The van der Waals surface area contributed by atoms with Gasteiger partial charge in [0.2, 0.25) is 0 Å². The SMILES string of the molecule is CCc1ccc(Nc2sc3c(-c4ccc(C)cc4)c(C#N)c(N)nc3c2C(=O)N2CC(C)OC(C)C2)cc1. The quantitative estimate of drug-likeness (QED) is 0.318. The Hall–Kier alpha value is -3.93. The minimum Gasteiger partial charge on any atom is -0.383 e. The molecule has 1 fully saturated rings. The smallest absolute Gasteiger partial charge is 0.259 e. The van der Waals surface area contributed by atoms with Crippen LogP contribution in [0.3, 0.4) is 0 Å². The van der Waals surface area contributed by atoms with E-state index < -0.39 is 0 Å². The van der Waals surface area contributed by atoms with E-state index in [4.69, 9.17) is 10.5 Å². The Kier molecular flexibility index (Phi) is 7.06. The van der Waals surface area contributed by atoms with E-state index in [0.29, 0.717) is 40.3 Å². The highest BCUT2D eigenvalue weighted by atomic mass is 32.1. The lowest BCUT2D eigenvalue weighted by atomic mass is 9.99. The van der Waals surface area contributed by atoms with Crippen LogP contribution in [0, 0.1) is 18.3 Å². The number of morpholine rings is 1. The Labute approximate surface area is 226 Å². The molecule has 7 nitrogen and oxygen atoms in total. The Morgan fingerprint density at radius 3 is 2.42 bits per heavy atom. The summed E-state index contributed by atoms with van der Waals surface area (Å²) in [6.07, 6.45) is 0.800. The third kappa shape index (κ3) is 4.83. The normalized spacial score (nSPS) is 17.4. The van der Waals surface area contributed by atoms with Gasteiger partial charge in [-0.25, -0.2) is 4.98 Å². The van der Waals surface area contributed by atoms with Gasteiger partial charge in [-0.2, -0.15) is 5.26 Å². The Balaban J connectivity index is 1.73. The summed E-state index contributed by atoms with van der Waals surface area (Å²) in [5, 5.41) is 14.2. The van der Waals surface area contributed by atoms with Crippen LogP contribution in [0.4, 0.5) is 16.5 Å². The first-order valence-corrected chi connectivity index (χ1v) is 13.6. The first-order chi connectivity index (χ1) is 18.3. The summed E-state index contributed by atoms with van der Waals surface area (Å²) in [4.78, 5) is 20.6. The number of ether oxygens (including phenoxy) is 1. The van der Waals surface area contributed by atoms with Crippen molar-refractivity contribution in [1.29, 1.82) is 5.26 Å². The molecule has 194 valence electrons. The highest BCUT2D eigenvalue weighted by molar-refractivity contribution is 7.24. The molecule has 0 spiro atoms. The lowest BCUT2D eigenvalue weighted by Gasteiger charge is -2.35. The lowest BCUT2D eigenvalue weighted by Crippen LogP contribution is -2.48. The molecule has 0 bridgehead atoms. The van der Waals surface area contributed by atoms with Gasteiger partial charge in [0.1, 0.15) is 28.0 Å². The number of nitrogen functional groups attached to an aromatic ring is 1. The van der Waals surface area contributed by atoms with Crippen LogP contribution in [0.1, 0.15) is 47.8 Å². The number of aryl methyl sites for hydroxylation is 2. The average molecular weight is 526 g/mol. The second kappa shape index (κ2) is 10.4. The molecule has 3 heterocycles. The van der Waals surface area contributed by atoms with Crippen molar-refractivity contribution in [3.05, 3.63) is 70.8 Å². The number of hydrogen-bond donors (Lipinski definition) is 2. The molecule has 1 aliphatic heterocycles. The molecule has 8 heteroatoms. The number of carbonyl (C=O) groups is 1. The van der Waals surface area contributed by atoms with Crippen molar-refractivity contribution in [2.45, 2.75) is 46.3 Å². The molecule has 1 aliphatic rings. The fraction of sp³-hybridized carbons (Fsp3) is 0.300. The van der Waals surface area contributed by atoms with Crippen LogP contribution < -0.4 is 11.1 Å². The summed E-state index contributed by atoms with van der Waals surface area (Å²) >= 11 is 1.43. The molecular formula is C30H31N5O2S. The molecule has 4 aromatic rings. The zero-order valence-electron chi connectivity index (χ0n) is 22.0. The number of nitrogens with one attached hydrogen (secondary N) is 1. The number of hydrogen-bond acceptors (Lipinski definition) is 7. The first kappa shape index (κ1) is 25.7. The number of nitriles is 1. The van der Waals surface area contributed by atoms with E-state index in [1.807, 2.05) is 62.1 Å². The van der Waals surface area contributed by atoms with Crippen molar-refractivity contribution >= 4 is 44.0 Å². The van der Waals surface area contributed by atoms with Crippen molar-refractivity contribution in [1.82, 2.24) is 9.88 Å². The van der Waals surface area contributed by atoms with Crippen molar-refractivity contribution in [2.75, 3.05) is 24.1 Å². The van der Waals surface area contributed by atoms with Gasteiger partial charge in [0.05, 0.1) is 22.4 Å². The van der Waals surface area contributed by atoms with Gasteiger partial charge in [0.15, 0.2) is 0 Å². The van der Waals surface area contributed by atoms with Gasteiger partial charge in [-0.3, -0.25) is 4.79 Å². The fourth-order valence-electron chi connectivity index (χ4n) is 4.97. The second-order valence-corrected chi connectivity index (χ2v) is 10.9. The summed E-state index contributed by atoms with van der Waals surface area (Å²) in [5.74, 6) is -0.0117. The van der Waals surface area contributed by atoms with E-state index in [1.165, 1.54) is 16.9 Å². The number of fused-ring (bicyclic) bond motifs is 1. The number of rotatable bonds is 5. The van der Waals surface area contributed by atoms with Gasteiger partial charge in [-0.05, 0) is 50.5 Å². The molecule has 2 aromatic carbocycles. The van der Waals surface area contributed by atoms with Crippen LogP contribution in [-0.2, 0) is 11.2 Å². The van der Waals surface area contributed by atoms with Crippen LogP contribution >= 0.6 is 11.3 Å². The van der Waals surface area contributed by atoms with Crippen molar-refractivity contribution < 1.29 is 9.53 Å². The summed E-state index contributed by atoms with van der Waals surface area (Å²) in [6.45, 7) is 9.06. The number of pyridine rings is 1. The summed E-state index contributed by atoms with van der Waals surface area (Å²) in [5.41, 5.74) is 12.4. The molecule has 2 aromatic heterocycles. The highest BCUT2D eigenvalue weighted by Gasteiger charge is 2.32. The average Bonchev–Trinajstić information content (AvgIpc) is 3.24. The number of amides is 1. The van der Waals surface area contributed by atoms with Crippen LogP contribution in [0.15, 0.2) is 48.5 Å². The molecule has 1 saturated heterocycles. The number of aromatic nitrogens is 1. The third-order valence-corrected chi connectivity index (χ3v) is 7.95. The maximum Gasteiger partial charge on any atom is 0.259 e. The number of anilines is 3. The predicted octanol–water partition coefficient (Wildman–Crippen LogP) is 6.28. The Bertz CT molecular complexity index is 1530. The molecule has 5 rings (SSSR count). The largest absolute Gasteiger partial charge is 0.383 e. The van der Waals surface area contributed by atoms with E-state index in [9.17, 15) is 10.1 Å². The molecule has 38 heavy (non-hydrogen) atoms. The summed E-state index contributed by atoms with van der Waals surface area (Å²) in [7, 11) is 0. The lowest BCUT2D eigenvalue weighted by molar-refractivity contribution is -0.0585. The summed E-state index contributed by atoms with van der Waals surface area (Å²) < 4.78 is 6.63. The van der Waals surface area contributed by atoms with Crippen LogP contribution in [0.5, 0.6) is 0 Å². The first-order valence-electron chi connectivity index (χ1n) is 12.8. The van der Waals surface area contributed by atoms with Gasteiger partial charge in [-0.1, -0.05) is 48.9 Å². The Morgan fingerprint density at radius 1 is 1.16 bits per heavy atom. The van der Waals surface area contributed by atoms with E-state index in [0.717, 1.165) is 27.9 Å². The van der Waals surface area contributed by atoms with E-state index in [2.05, 4.69) is 35.4 Å². The van der Waals surface area contributed by atoms with Crippen molar-refractivity contribution in [2.24, 2.45) is 0 Å². The molecule has 0 saturated carbocycles.